The summed E-state index contributed by atoms with van der Waals surface area (Å²) in [6.45, 7) is 5.98. The first kappa shape index (κ1) is 19.5. The van der Waals surface area contributed by atoms with Crippen LogP contribution in [0.3, 0.4) is 0 Å². The van der Waals surface area contributed by atoms with Crippen LogP contribution in [0, 0.1) is 0 Å². The predicted molar refractivity (Wildman–Crippen MR) is 75.5 cm³/mol. The molecule has 0 aromatic carbocycles. The first-order chi connectivity index (χ1) is 8.59. The summed E-state index contributed by atoms with van der Waals surface area (Å²) in [4.78, 5) is 10.1. The molecule has 0 unspecified atom stereocenters. The Balaban J connectivity index is 0. The van der Waals surface area contributed by atoms with Crippen LogP contribution in [0.4, 0.5) is 0 Å². The molecule has 108 valence electrons. The third-order valence-electron chi connectivity index (χ3n) is 2.50. The zero-order valence-electron chi connectivity index (χ0n) is 11.6. The molecule has 0 aliphatic heterocycles. The van der Waals surface area contributed by atoms with Crippen LogP contribution in [-0.2, 0) is 4.79 Å². The Hall–Kier alpha value is -0.870. The van der Waals surface area contributed by atoms with Crippen LogP contribution < -0.4 is 5.73 Å². The first-order valence-corrected chi connectivity index (χ1v) is 6.80. The second kappa shape index (κ2) is 16.1. The van der Waals surface area contributed by atoms with Crippen molar-refractivity contribution in [3.8, 4) is 0 Å². The number of aliphatic hydroxyl groups excluding tert-OH is 1. The lowest BCUT2D eigenvalue weighted by Crippen LogP contribution is -2.29. The molecular formula is C14H29NO3. The lowest BCUT2D eigenvalue weighted by Gasteiger charge is -2.02. The first-order valence-electron chi connectivity index (χ1n) is 6.80. The smallest absolute Gasteiger partial charge is 0.320 e. The molecule has 0 amide bonds. The second-order valence-corrected chi connectivity index (χ2v) is 4.30. The summed E-state index contributed by atoms with van der Waals surface area (Å²) >= 11 is 0. The standard InChI is InChI=1S/C8H16O.C6H13NO2/c1-2-3-4-5-6-7-8-9;1-2-3-4-5(7)6(8)9/h2,9H,1,3-8H2;5H,2-4,7H2,1H3,(H,8,9)/t;5-/m.0/s1. The van der Waals surface area contributed by atoms with Crippen molar-refractivity contribution in [1.82, 2.24) is 0 Å². The lowest BCUT2D eigenvalue weighted by molar-refractivity contribution is -0.138. The molecule has 4 heteroatoms. The summed E-state index contributed by atoms with van der Waals surface area (Å²) in [7, 11) is 0. The average Bonchev–Trinajstić information content (AvgIpc) is 2.36. The van der Waals surface area contributed by atoms with Gasteiger partial charge in [-0.3, -0.25) is 4.79 Å². The van der Waals surface area contributed by atoms with Gasteiger partial charge in [0.2, 0.25) is 0 Å². The monoisotopic (exact) mass is 259 g/mol. The number of allylic oxidation sites excluding steroid dienone is 1. The Morgan fingerprint density at radius 2 is 1.89 bits per heavy atom. The van der Waals surface area contributed by atoms with E-state index in [4.69, 9.17) is 15.9 Å². The second-order valence-electron chi connectivity index (χ2n) is 4.30. The van der Waals surface area contributed by atoms with Crippen LogP contribution >= 0.6 is 0 Å². The van der Waals surface area contributed by atoms with E-state index in [9.17, 15) is 4.79 Å². The fourth-order valence-electron chi connectivity index (χ4n) is 1.30. The van der Waals surface area contributed by atoms with E-state index >= 15 is 0 Å². The number of hydrogen-bond donors (Lipinski definition) is 3. The molecule has 0 aliphatic rings. The van der Waals surface area contributed by atoms with E-state index in [-0.39, 0.29) is 0 Å². The van der Waals surface area contributed by atoms with Gasteiger partial charge in [-0.25, -0.2) is 0 Å². The maximum absolute atomic E-state index is 10.1. The molecule has 0 radical (unpaired) electrons. The molecule has 0 aliphatic carbocycles. The number of carboxylic acids is 1. The summed E-state index contributed by atoms with van der Waals surface area (Å²) in [5, 5.41) is 16.7. The van der Waals surface area contributed by atoms with Crippen molar-refractivity contribution in [2.75, 3.05) is 6.61 Å². The van der Waals surface area contributed by atoms with Crippen molar-refractivity contribution < 1.29 is 15.0 Å². The molecule has 4 N–H and O–H groups in total. The molecule has 0 saturated carbocycles. The summed E-state index contributed by atoms with van der Waals surface area (Å²) in [6.07, 6.45) is 10.1. The molecular weight excluding hydrogens is 230 g/mol. The number of carboxylic acid groups (broad SMARTS) is 1. The predicted octanol–water partition coefficient (Wildman–Crippen LogP) is 2.70. The minimum Gasteiger partial charge on any atom is -0.480 e. The number of carbonyl (C=O) groups is 1. The minimum atomic E-state index is -0.900. The van der Waals surface area contributed by atoms with Gasteiger partial charge in [-0.2, -0.15) is 0 Å². The highest BCUT2D eigenvalue weighted by Gasteiger charge is 2.08. The molecule has 1 atom stereocenters. The summed E-state index contributed by atoms with van der Waals surface area (Å²) < 4.78 is 0. The Labute approximate surface area is 111 Å². The Morgan fingerprint density at radius 1 is 1.28 bits per heavy atom. The van der Waals surface area contributed by atoms with Gasteiger partial charge in [0.25, 0.3) is 0 Å². The van der Waals surface area contributed by atoms with E-state index in [2.05, 4.69) is 6.58 Å². The molecule has 0 bridgehead atoms. The number of aliphatic hydroxyl groups is 1. The summed E-state index contributed by atoms with van der Waals surface area (Å²) in [5.41, 5.74) is 5.20. The van der Waals surface area contributed by atoms with Gasteiger partial charge in [0.1, 0.15) is 6.04 Å². The van der Waals surface area contributed by atoms with E-state index in [0.29, 0.717) is 13.0 Å². The number of hydrogen-bond acceptors (Lipinski definition) is 3. The van der Waals surface area contributed by atoms with Gasteiger partial charge in [0.05, 0.1) is 0 Å². The Morgan fingerprint density at radius 3 is 2.33 bits per heavy atom. The van der Waals surface area contributed by atoms with Crippen LogP contribution in [0.5, 0.6) is 0 Å². The van der Waals surface area contributed by atoms with Gasteiger partial charge in [-0.1, -0.05) is 38.7 Å². The molecule has 4 nitrogen and oxygen atoms in total. The molecule has 0 spiro atoms. The zero-order valence-corrected chi connectivity index (χ0v) is 11.6. The van der Waals surface area contributed by atoms with Crippen LogP contribution in [0.25, 0.3) is 0 Å². The van der Waals surface area contributed by atoms with E-state index in [1.807, 2.05) is 13.0 Å². The number of rotatable bonds is 10. The number of nitrogens with two attached hydrogens (primary N) is 1. The lowest BCUT2D eigenvalue weighted by atomic mass is 10.1. The molecule has 0 aromatic rings. The third-order valence-corrected chi connectivity index (χ3v) is 2.50. The normalized spacial score (nSPS) is 11.3. The highest BCUT2D eigenvalue weighted by atomic mass is 16.4. The quantitative estimate of drug-likeness (QED) is 0.416. The molecule has 0 fully saturated rings. The largest absolute Gasteiger partial charge is 0.480 e. The maximum Gasteiger partial charge on any atom is 0.320 e. The molecule has 18 heavy (non-hydrogen) atoms. The van der Waals surface area contributed by atoms with E-state index in [1.165, 1.54) is 12.8 Å². The third kappa shape index (κ3) is 17.5. The zero-order chi connectivity index (χ0) is 14.2. The fraction of sp³-hybridized carbons (Fsp3) is 0.786. The number of unbranched alkanes of at least 4 members (excludes halogenated alkanes) is 5. The van der Waals surface area contributed by atoms with Gasteiger partial charge in [0, 0.05) is 6.61 Å². The van der Waals surface area contributed by atoms with Gasteiger partial charge in [-0.15, -0.1) is 6.58 Å². The molecule has 0 aromatic heterocycles. The topological polar surface area (TPSA) is 83.5 Å². The van der Waals surface area contributed by atoms with Gasteiger partial charge in [-0.05, 0) is 25.7 Å². The van der Waals surface area contributed by atoms with Gasteiger partial charge in [0.15, 0.2) is 0 Å². The Bertz CT molecular complexity index is 195. The Kier molecular flexibility index (Phi) is 17.4. The van der Waals surface area contributed by atoms with Crippen LogP contribution in [-0.4, -0.2) is 28.8 Å². The maximum atomic E-state index is 10.1. The minimum absolute atomic E-state index is 0.341. The molecule has 0 rings (SSSR count). The van der Waals surface area contributed by atoms with Crippen molar-refractivity contribution in [2.24, 2.45) is 5.73 Å². The summed E-state index contributed by atoms with van der Waals surface area (Å²) in [5.74, 6) is -0.900. The van der Waals surface area contributed by atoms with Crippen molar-refractivity contribution in [1.29, 1.82) is 0 Å². The molecule has 0 heterocycles. The van der Waals surface area contributed by atoms with Crippen molar-refractivity contribution in [2.45, 2.75) is 64.3 Å². The van der Waals surface area contributed by atoms with Crippen LogP contribution in [0.1, 0.15) is 58.3 Å². The SMILES string of the molecule is C=CCCCCCCO.CCCC[C@H](N)C(=O)O. The van der Waals surface area contributed by atoms with Crippen molar-refractivity contribution in [3.05, 3.63) is 12.7 Å². The highest BCUT2D eigenvalue weighted by Crippen LogP contribution is 2.01. The van der Waals surface area contributed by atoms with E-state index in [0.717, 1.165) is 32.1 Å². The van der Waals surface area contributed by atoms with Crippen molar-refractivity contribution in [3.63, 3.8) is 0 Å². The van der Waals surface area contributed by atoms with Crippen LogP contribution in [0.15, 0.2) is 12.7 Å². The number of aliphatic carboxylic acids is 1. The van der Waals surface area contributed by atoms with Gasteiger partial charge >= 0.3 is 5.97 Å². The van der Waals surface area contributed by atoms with Crippen molar-refractivity contribution >= 4 is 5.97 Å². The van der Waals surface area contributed by atoms with E-state index in [1.54, 1.807) is 0 Å². The van der Waals surface area contributed by atoms with Crippen LogP contribution in [0.2, 0.25) is 0 Å². The summed E-state index contributed by atoms with van der Waals surface area (Å²) in [6, 6.07) is -0.662. The van der Waals surface area contributed by atoms with Gasteiger partial charge < -0.3 is 15.9 Å². The highest BCUT2D eigenvalue weighted by molar-refractivity contribution is 5.72. The molecule has 0 saturated heterocycles. The fourth-order valence-corrected chi connectivity index (χ4v) is 1.30. The van der Waals surface area contributed by atoms with E-state index < -0.39 is 12.0 Å². The average molecular weight is 259 g/mol.